The van der Waals surface area contributed by atoms with Gasteiger partial charge in [-0.1, -0.05) is 17.7 Å². The van der Waals surface area contributed by atoms with Gasteiger partial charge in [-0.05, 0) is 31.9 Å². The van der Waals surface area contributed by atoms with E-state index in [0.717, 1.165) is 18.4 Å². The van der Waals surface area contributed by atoms with Gasteiger partial charge in [0.05, 0.1) is 11.4 Å². The summed E-state index contributed by atoms with van der Waals surface area (Å²) in [5.74, 6) is -0.941. The summed E-state index contributed by atoms with van der Waals surface area (Å²) in [5, 5.41) is 0. The van der Waals surface area contributed by atoms with Crippen LogP contribution in [-0.4, -0.2) is 122 Å². The number of rotatable bonds is 4. The minimum absolute atomic E-state index is 0.0344. The Morgan fingerprint density at radius 1 is 0.706 bits per heavy atom. The predicted octanol–water partition coefficient (Wildman–Crippen LogP) is -0.405. The van der Waals surface area contributed by atoms with E-state index in [2.05, 4.69) is 0 Å². The molecule has 0 aromatic heterocycles. The van der Waals surface area contributed by atoms with Gasteiger partial charge in [0.1, 0.15) is 0 Å². The number of carbonyl (C=O) groups is 3. The first-order chi connectivity index (χ1) is 16.3. The Morgan fingerprint density at radius 3 is 1.76 bits per heavy atom. The Bertz CT molecular complexity index is 1010. The van der Waals surface area contributed by atoms with Gasteiger partial charge in [0.25, 0.3) is 0 Å². The van der Waals surface area contributed by atoms with Crippen LogP contribution >= 0.6 is 0 Å². The molecule has 1 aromatic carbocycles. The van der Waals surface area contributed by atoms with E-state index in [-0.39, 0.29) is 12.5 Å². The summed E-state index contributed by atoms with van der Waals surface area (Å²) in [6.07, 6.45) is 1.88. The van der Waals surface area contributed by atoms with Crippen LogP contribution in [0.3, 0.4) is 0 Å². The molecule has 0 N–H and O–H groups in total. The molecule has 10 nitrogen and oxygen atoms in total. The SMILES string of the molecule is Cc1ccc(S(=O)(=O)N2CCN(CC(=O)N3CCN(C(=O)C(=O)N4CCCC4)CC3)CC2)cc1. The lowest BCUT2D eigenvalue weighted by molar-refractivity contribution is -0.153. The quantitative estimate of drug-likeness (QED) is 0.531. The van der Waals surface area contributed by atoms with Crippen LogP contribution in [0.1, 0.15) is 18.4 Å². The van der Waals surface area contributed by atoms with Gasteiger partial charge in [-0.15, -0.1) is 0 Å². The summed E-state index contributed by atoms with van der Waals surface area (Å²) in [5.41, 5.74) is 1.01. The van der Waals surface area contributed by atoms with E-state index in [1.165, 1.54) is 4.31 Å². The number of amides is 3. The fraction of sp³-hybridized carbons (Fsp3) is 0.609. The lowest BCUT2D eigenvalue weighted by atomic mass is 10.2. The van der Waals surface area contributed by atoms with Crippen molar-refractivity contribution in [1.82, 2.24) is 23.9 Å². The molecule has 3 fully saturated rings. The molecular formula is C23H33N5O5S. The third-order valence-electron chi connectivity index (χ3n) is 6.84. The van der Waals surface area contributed by atoms with Gasteiger partial charge in [-0.3, -0.25) is 19.3 Å². The zero-order valence-corrected chi connectivity index (χ0v) is 20.5. The van der Waals surface area contributed by atoms with E-state index in [1.807, 2.05) is 11.8 Å². The molecule has 0 unspecified atom stereocenters. The molecule has 0 aliphatic carbocycles. The van der Waals surface area contributed by atoms with E-state index in [0.29, 0.717) is 70.3 Å². The van der Waals surface area contributed by atoms with Gasteiger partial charge < -0.3 is 14.7 Å². The van der Waals surface area contributed by atoms with Crippen LogP contribution in [0.5, 0.6) is 0 Å². The van der Waals surface area contributed by atoms with Crippen molar-refractivity contribution >= 4 is 27.7 Å². The first-order valence-electron chi connectivity index (χ1n) is 11.9. The largest absolute Gasteiger partial charge is 0.338 e. The lowest BCUT2D eigenvalue weighted by Gasteiger charge is -2.37. The minimum atomic E-state index is -3.54. The summed E-state index contributed by atoms with van der Waals surface area (Å²) in [7, 11) is -3.54. The van der Waals surface area contributed by atoms with Crippen molar-refractivity contribution in [1.29, 1.82) is 0 Å². The van der Waals surface area contributed by atoms with Crippen LogP contribution in [0.25, 0.3) is 0 Å². The zero-order chi connectivity index (χ0) is 24.3. The molecule has 3 aliphatic rings. The first kappa shape index (κ1) is 24.6. The van der Waals surface area contributed by atoms with E-state index in [4.69, 9.17) is 0 Å². The van der Waals surface area contributed by atoms with Crippen LogP contribution in [-0.2, 0) is 24.4 Å². The zero-order valence-electron chi connectivity index (χ0n) is 19.7. The summed E-state index contributed by atoms with van der Waals surface area (Å²) in [6, 6.07) is 6.84. The molecule has 3 aliphatic heterocycles. The maximum absolute atomic E-state index is 12.9. The van der Waals surface area contributed by atoms with Crippen molar-refractivity contribution in [3.05, 3.63) is 29.8 Å². The second-order valence-corrected chi connectivity index (χ2v) is 11.1. The van der Waals surface area contributed by atoms with Crippen molar-refractivity contribution < 1.29 is 22.8 Å². The Morgan fingerprint density at radius 2 is 1.21 bits per heavy atom. The highest BCUT2D eigenvalue weighted by molar-refractivity contribution is 7.89. The monoisotopic (exact) mass is 491 g/mol. The second-order valence-electron chi connectivity index (χ2n) is 9.17. The average molecular weight is 492 g/mol. The Kier molecular flexibility index (Phi) is 7.54. The Balaban J connectivity index is 1.22. The highest BCUT2D eigenvalue weighted by atomic mass is 32.2. The van der Waals surface area contributed by atoms with Gasteiger partial charge in [-0.2, -0.15) is 4.31 Å². The molecule has 11 heteroatoms. The van der Waals surface area contributed by atoms with Gasteiger partial charge in [0, 0.05) is 65.4 Å². The molecule has 1 aromatic rings. The molecule has 4 rings (SSSR count). The lowest BCUT2D eigenvalue weighted by Crippen LogP contribution is -2.56. The number of hydrogen-bond acceptors (Lipinski definition) is 6. The van der Waals surface area contributed by atoms with E-state index in [9.17, 15) is 22.8 Å². The van der Waals surface area contributed by atoms with Crippen LogP contribution in [0, 0.1) is 6.92 Å². The molecule has 0 saturated carbocycles. The summed E-state index contributed by atoms with van der Waals surface area (Å²) < 4.78 is 27.2. The maximum Gasteiger partial charge on any atom is 0.312 e. The van der Waals surface area contributed by atoms with Gasteiger partial charge in [0.2, 0.25) is 15.9 Å². The van der Waals surface area contributed by atoms with Crippen molar-refractivity contribution in [2.75, 3.05) is 72.0 Å². The molecule has 3 amide bonds. The maximum atomic E-state index is 12.9. The molecule has 0 atom stereocenters. The van der Waals surface area contributed by atoms with E-state index < -0.39 is 21.8 Å². The third-order valence-corrected chi connectivity index (χ3v) is 8.76. The summed E-state index contributed by atoms with van der Waals surface area (Å²) >= 11 is 0. The topological polar surface area (TPSA) is 102 Å². The number of aryl methyl sites for hydroxylation is 1. The highest BCUT2D eigenvalue weighted by Crippen LogP contribution is 2.18. The molecule has 34 heavy (non-hydrogen) atoms. The van der Waals surface area contributed by atoms with Crippen molar-refractivity contribution in [3.63, 3.8) is 0 Å². The smallest absolute Gasteiger partial charge is 0.312 e. The molecule has 3 saturated heterocycles. The van der Waals surface area contributed by atoms with Crippen LogP contribution in [0.15, 0.2) is 29.2 Å². The highest BCUT2D eigenvalue weighted by Gasteiger charge is 2.33. The van der Waals surface area contributed by atoms with E-state index in [1.54, 1.807) is 39.0 Å². The van der Waals surface area contributed by atoms with Crippen LogP contribution < -0.4 is 0 Å². The Labute approximate surface area is 201 Å². The number of hydrogen-bond donors (Lipinski definition) is 0. The Hall–Kier alpha value is -2.50. The van der Waals surface area contributed by atoms with Crippen molar-refractivity contribution in [3.8, 4) is 0 Å². The fourth-order valence-corrected chi connectivity index (χ4v) is 6.05. The van der Waals surface area contributed by atoms with Gasteiger partial charge >= 0.3 is 11.8 Å². The predicted molar refractivity (Wildman–Crippen MR) is 125 cm³/mol. The number of nitrogens with zero attached hydrogens (tertiary/aromatic N) is 5. The number of carbonyl (C=O) groups excluding carboxylic acids is 3. The molecular weight excluding hydrogens is 458 g/mol. The summed E-state index contributed by atoms with van der Waals surface area (Å²) in [6.45, 7) is 6.58. The van der Waals surface area contributed by atoms with Gasteiger partial charge in [-0.25, -0.2) is 8.42 Å². The molecule has 0 spiro atoms. The van der Waals surface area contributed by atoms with Crippen LogP contribution in [0.2, 0.25) is 0 Å². The van der Waals surface area contributed by atoms with Crippen molar-refractivity contribution in [2.24, 2.45) is 0 Å². The third kappa shape index (κ3) is 5.42. The normalized spacial score (nSPS) is 20.6. The van der Waals surface area contributed by atoms with Crippen molar-refractivity contribution in [2.45, 2.75) is 24.7 Å². The van der Waals surface area contributed by atoms with Gasteiger partial charge in [0.15, 0.2) is 0 Å². The fourth-order valence-electron chi connectivity index (χ4n) is 4.63. The summed E-state index contributed by atoms with van der Waals surface area (Å²) in [4.78, 5) is 44.7. The minimum Gasteiger partial charge on any atom is -0.338 e. The molecule has 186 valence electrons. The van der Waals surface area contributed by atoms with Crippen LogP contribution in [0.4, 0.5) is 0 Å². The standard InChI is InChI=1S/C23H33N5O5S/c1-19-4-6-20(7-5-19)34(32,33)28-16-10-24(11-17-28)18-21(29)25-12-14-27(15-13-25)23(31)22(30)26-8-2-3-9-26/h4-7H,2-3,8-18H2,1H3. The second kappa shape index (κ2) is 10.4. The number of piperazine rings is 2. The molecule has 0 bridgehead atoms. The number of sulfonamides is 1. The average Bonchev–Trinajstić information content (AvgIpc) is 3.39. The first-order valence-corrected chi connectivity index (χ1v) is 13.3. The number of likely N-dealkylation sites (tertiary alicyclic amines) is 1. The molecule has 0 radical (unpaired) electrons. The van der Waals surface area contributed by atoms with E-state index >= 15 is 0 Å². The molecule has 3 heterocycles. The number of benzene rings is 1.